The third kappa shape index (κ3) is 4.21. The van der Waals surface area contributed by atoms with Crippen LogP contribution in [0.3, 0.4) is 0 Å². The Hall–Kier alpha value is -4.03. The lowest BCUT2D eigenvalue weighted by molar-refractivity contribution is 0.417. The number of rotatable bonds is 6. The number of para-hydroxylation sites is 1. The van der Waals surface area contributed by atoms with Gasteiger partial charge in [0.25, 0.3) is 5.56 Å². The summed E-state index contributed by atoms with van der Waals surface area (Å²) < 4.78 is 6.77. The number of hydrogen-bond donors (Lipinski definition) is 3. The number of methoxy groups -OCH3 is 1. The highest BCUT2D eigenvalue weighted by Crippen LogP contribution is 2.36. The quantitative estimate of drug-likeness (QED) is 0.375. The van der Waals surface area contributed by atoms with E-state index in [0.717, 1.165) is 5.56 Å². The summed E-state index contributed by atoms with van der Waals surface area (Å²) in [4.78, 5) is 21.7. The maximum atomic E-state index is 12.7. The van der Waals surface area contributed by atoms with Crippen LogP contribution in [-0.2, 0) is 7.05 Å². The van der Waals surface area contributed by atoms with Gasteiger partial charge in [-0.15, -0.1) is 0 Å². The van der Waals surface area contributed by atoms with Gasteiger partial charge >= 0.3 is 0 Å². The van der Waals surface area contributed by atoms with E-state index in [1.807, 2.05) is 19.9 Å². The van der Waals surface area contributed by atoms with Gasteiger partial charge in [0, 0.05) is 13.1 Å². The van der Waals surface area contributed by atoms with E-state index in [2.05, 4.69) is 31.8 Å². The molecule has 4 aromatic rings. The van der Waals surface area contributed by atoms with E-state index in [-0.39, 0.29) is 11.5 Å². The Kier molecular flexibility index (Phi) is 5.94. The number of benzene rings is 1. The van der Waals surface area contributed by atoms with Gasteiger partial charge in [-0.05, 0) is 29.7 Å². The lowest BCUT2D eigenvalue weighted by atomic mass is 10.0. The molecule has 0 fully saturated rings. The molecule has 0 amide bonds. The molecule has 0 saturated carbocycles. The molecule has 9 nitrogen and oxygen atoms in total. The molecule has 4 rings (SSSR count). The molecule has 168 valence electrons. The van der Waals surface area contributed by atoms with Gasteiger partial charge < -0.3 is 15.4 Å². The number of nitriles is 1. The fourth-order valence-electron chi connectivity index (χ4n) is 3.57. The van der Waals surface area contributed by atoms with E-state index < -0.39 is 0 Å². The minimum atomic E-state index is -0.237. The van der Waals surface area contributed by atoms with Gasteiger partial charge in [-0.2, -0.15) is 5.26 Å². The fourth-order valence-corrected chi connectivity index (χ4v) is 3.82. The number of halogens is 1. The standard InChI is InChI=1S/C23H22ClN7O2/c1-12(2)13-8-9-18(27-17(13)11-25)28-19-10-16(20-22(29-19)30-31(3)23(20)32)26-15-7-5-6-14(24)21(15)33-4/h5-10,12H,1-4H3,(H3,26,27,28,29,30). The van der Waals surface area contributed by atoms with E-state index >= 15 is 0 Å². The second-order valence-corrected chi connectivity index (χ2v) is 8.13. The highest BCUT2D eigenvalue weighted by atomic mass is 35.5. The van der Waals surface area contributed by atoms with Crippen molar-refractivity contribution in [3.63, 3.8) is 0 Å². The molecule has 0 spiro atoms. The van der Waals surface area contributed by atoms with E-state index in [9.17, 15) is 10.1 Å². The van der Waals surface area contributed by atoms with Crippen LogP contribution < -0.4 is 20.9 Å². The first-order chi connectivity index (χ1) is 15.8. The van der Waals surface area contributed by atoms with Crippen LogP contribution in [0.4, 0.5) is 23.0 Å². The van der Waals surface area contributed by atoms with Crippen LogP contribution in [0.5, 0.6) is 5.75 Å². The number of pyridine rings is 2. The Labute approximate surface area is 195 Å². The van der Waals surface area contributed by atoms with Gasteiger partial charge in [0.05, 0.1) is 23.5 Å². The normalized spacial score (nSPS) is 10.9. The Balaban J connectivity index is 1.80. The first-order valence-corrected chi connectivity index (χ1v) is 10.6. The van der Waals surface area contributed by atoms with Crippen LogP contribution in [0.2, 0.25) is 5.02 Å². The summed E-state index contributed by atoms with van der Waals surface area (Å²) in [5.41, 5.74) is 2.47. The monoisotopic (exact) mass is 463 g/mol. The van der Waals surface area contributed by atoms with Crippen molar-refractivity contribution < 1.29 is 4.74 Å². The highest BCUT2D eigenvalue weighted by Gasteiger charge is 2.17. The van der Waals surface area contributed by atoms with Crippen molar-refractivity contribution in [3.05, 3.63) is 63.0 Å². The minimum absolute atomic E-state index is 0.175. The molecule has 10 heteroatoms. The third-order valence-corrected chi connectivity index (χ3v) is 5.46. The van der Waals surface area contributed by atoms with Crippen molar-refractivity contribution in [1.82, 2.24) is 19.7 Å². The highest BCUT2D eigenvalue weighted by molar-refractivity contribution is 6.32. The van der Waals surface area contributed by atoms with Gasteiger partial charge in [0.1, 0.15) is 28.8 Å². The Morgan fingerprint density at radius 1 is 1.15 bits per heavy atom. The van der Waals surface area contributed by atoms with Gasteiger partial charge in [0.15, 0.2) is 11.4 Å². The number of aryl methyl sites for hydroxylation is 1. The van der Waals surface area contributed by atoms with Crippen LogP contribution in [0.15, 0.2) is 41.2 Å². The molecule has 0 saturated heterocycles. The Morgan fingerprint density at radius 3 is 2.64 bits per heavy atom. The van der Waals surface area contributed by atoms with Gasteiger partial charge in [-0.25, -0.2) is 9.97 Å². The molecular weight excluding hydrogens is 442 g/mol. The molecule has 3 N–H and O–H groups in total. The van der Waals surface area contributed by atoms with Crippen molar-refractivity contribution in [2.75, 3.05) is 17.7 Å². The second-order valence-electron chi connectivity index (χ2n) is 7.73. The number of nitrogens with one attached hydrogen (secondary N) is 3. The van der Waals surface area contributed by atoms with Crippen LogP contribution in [0.25, 0.3) is 11.0 Å². The first kappa shape index (κ1) is 22.2. The molecule has 0 atom stereocenters. The summed E-state index contributed by atoms with van der Waals surface area (Å²) in [5.74, 6) is 1.53. The molecule has 0 aliphatic rings. The summed E-state index contributed by atoms with van der Waals surface area (Å²) in [5, 5.41) is 19.6. The molecule has 3 aromatic heterocycles. The molecule has 0 aliphatic carbocycles. The number of nitrogens with zero attached hydrogens (tertiary/aromatic N) is 4. The number of aromatic amines is 1. The largest absolute Gasteiger partial charge is 0.493 e. The summed E-state index contributed by atoms with van der Waals surface area (Å²) >= 11 is 6.26. The molecule has 33 heavy (non-hydrogen) atoms. The van der Waals surface area contributed by atoms with Crippen LogP contribution in [-0.4, -0.2) is 26.9 Å². The zero-order chi connectivity index (χ0) is 23.7. The maximum Gasteiger partial charge on any atom is 0.277 e. The average Bonchev–Trinajstić information content (AvgIpc) is 3.07. The van der Waals surface area contributed by atoms with Gasteiger partial charge in [-0.3, -0.25) is 14.6 Å². The predicted octanol–water partition coefficient (Wildman–Crippen LogP) is 4.80. The summed E-state index contributed by atoms with van der Waals surface area (Å²) in [6.07, 6.45) is 0. The number of H-pyrrole nitrogens is 1. The topological polar surface area (TPSA) is 121 Å². The van der Waals surface area contributed by atoms with Crippen molar-refractivity contribution in [1.29, 1.82) is 5.26 Å². The number of ether oxygens (including phenoxy) is 1. The molecular formula is C23H22ClN7O2. The zero-order valence-corrected chi connectivity index (χ0v) is 19.3. The summed E-state index contributed by atoms with van der Waals surface area (Å²) in [6, 6.07) is 12.8. The van der Waals surface area contributed by atoms with Crippen LogP contribution in [0, 0.1) is 11.3 Å². The average molecular weight is 464 g/mol. The van der Waals surface area contributed by atoms with Crippen LogP contribution >= 0.6 is 11.6 Å². The number of aromatic nitrogens is 4. The van der Waals surface area contributed by atoms with Gasteiger partial charge in [-0.1, -0.05) is 37.6 Å². The minimum Gasteiger partial charge on any atom is -0.493 e. The molecule has 0 radical (unpaired) electrons. The van der Waals surface area contributed by atoms with E-state index in [4.69, 9.17) is 16.3 Å². The molecule has 0 aliphatic heterocycles. The van der Waals surface area contributed by atoms with E-state index in [1.54, 1.807) is 37.4 Å². The lowest BCUT2D eigenvalue weighted by Gasteiger charge is -2.14. The SMILES string of the molecule is COc1c(Cl)cccc1Nc1cc(Nc2ccc(C(C)C)c(C#N)n2)nc2[nH]n(C)c(=O)c12. The summed E-state index contributed by atoms with van der Waals surface area (Å²) in [6.45, 7) is 4.02. The molecule has 3 heterocycles. The second kappa shape index (κ2) is 8.84. The molecule has 1 aromatic carbocycles. The first-order valence-electron chi connectivity index (χ1n) is 10.2. The number of fused-ring (bicyclic) bond motifs is 1. The summed E-state index contributed by atoms with van der Waals surface area (Å²) in [7, 11) is 3.14. The van der Waals surface area contributed by atoms with Crippen LogP contribution in [0.1, 0.15) is 31.0 Å². The lowest BCUT2D eigenvalue weighted by Crippen LogP contribution is -2.12. The maximum absolute atomic E-state index is 12.7. The number of anilines is 4. The van der Waals surface area contributed by atoms with E-state index in [0.29, 0.717) is 50.5 Å². The molecule has 0 unspecified atom stereocenters. The molecule has 0 bridgehead atoms. The van der Waals surface area contributed by atoms with Crippen molar-refractivity contribution in [3.8, 4) is 11.8 Å². The number of hydrogen-bond acceptors (Lipinski definition) is 7. The fraction of sp³-hybridized carbons (Fsp3) is 0.217. The van der Waals surface area contributed by atoms with E-state index in [1.165, 1.54) is 11.8 Å². The smallest absolute Gasteiger partial charge is 0.277 e. The zero-order valence-electron chi connectivity index (χ0n) is 18.5. The predicted molar refractivity (Wildman–Crippen MR) is 129 cm³/mol. The van der Waals surface area contributed by atoms with Crippen molar-refractivity contribution >= 4 is 45.6 Å². The third-order valence-electron chi connectivity index (χ3n) is 5.16. The Bertz CT molecular complexity index is 1450. The van der Waals surface area contributed by atoms with Crippen molar-refractivity contribution in [2.24, 2.45) is 7.05 Å². The Morgan fingerprint density at radius 2 is 1.94 bits per heavy atom. The van der Waals surface area contributed by atoms with Gasteiger partial charge in [0.2, 0.25) is 0 Å². The van der Waals surface area contributed by atoms with Crippen molar-refractivity contribution in [2.45, 2.75) is 19.8 Å².